The number of pyridine rings is 1. The van der Waals surface area contributed by atoms with Gasteiger partial charge >= 0.3 is 0 Å². The van der Waals surface area contributed by atoms with Gasteiger partial charge in [-0.25, -0.2) is 9.97 Å². The van der Waals surface area contributed by atoms with Crippen molar-refractivity contribution in [1.82, 2.24) is 15.0 Å². The summed E-state index contributed by atoms with van der Waals surface area (Å²) in [7, 11) is 4.00. The standard InChI is InChI=1S/C17H20N6OS/c1-23(2)13-5-3-12(4-6-13)14-11-15-16(20-8-7-19-15)17(22-14)21-9-10-25(18)24/h3-8,11H,9-10,18H2,1-2H3,(H,21,22). The van der Waals surface area contributed by atoms with Crippen molar-refractivity contribution in [1.29, 1.82) is 0 Å². The third-order valence-corrected chi connectivity index (χ3v) is 4.34. The number of hydrogen-bond acceptors (Lipinski definition) is 7. The van der Waals surface area contributed by atoms with E-state index in [0.29, 0.717) is 23.6 Å². The lowest BCUT2D eigenvalue weighted by atomic mass is 10.1. The quantitative estimate of drug-likeness (QED) is 0.649. The number of benzene rings is 1. The third-order valence-electron chi connectivity index (χ3n) is 3.73. The minimum Gasteiger partial charge on any atom is -0.598 e. The van der Waals surface area contributed by atoms with Crippen LogP contribution in [0.4, 0.5) is 11.5 Å². The zero-order chi connectivity index (χ0) is 17.8. The molecule has 3 aromatic rings. The van der Waals surface area contributed by atoms with Crippen molar-refractivity contribution in [2.45, 2.75) is 0 Å². The first kappa shape index (κ1) is 17.4. The molecule has 1 unspecified atom stereocenters. The Labute approximate surface area is 149 Å². The van der Waals surface area contributed by atoms with Crippen LogP contribution in [0.25, 0.3) is 22.3 Å². The average Bonchev–Trinajstić information content (AvgIpc) is 2.61. The molecule has 0 aliphatic carbocycles. The van der Waals surface area contributed by atoms with E-state index in [0.717, 1.165) is 22.5 Å². The zero-order valence-electron chi connectivity index (χ0n) is 14.1. The molecule has 1 aromatic carbocycles. The fourth-order valence-corrected chi connectivity index (χ4v) is 2.75. The van der Waals surface area contributed by atoms with Gasteiger partial charge in [0.25, 0.3) is 0 Å². The maximum absolute atomic E-state index is 11.1. The summed E-state index contributed by atoms with van der Waals surface area (Å²) in [6.07, 6.45) is 3.28. The highest BCUT2D eigenvalue weighted by Crippen LogP contribution is 2.26. The molecule has 1 atom stereocenters. The highest BCUT2D eigenvalue weighted by atomic mass is 32.2. The predicted octanol–water partition coefficient (Wildman–Crippen LogP) is 1.79. The van der Waals surface area contributed by atoms with Gasteiger partial charge in [0, 0.05) is 49.1 Å². The number of aromatic nitrogens is 3. The molecule has 2 aromatic heterocycles. The molecule has 0 saturated heterocycles. The predicted molar refractivity (Wildman–Crippen MR) is 103 cm³/mol. The number of hydrogen-bond donors (Lipinski definition) is 2. The lowest BCUT2D eigenvalue weighted by Gasteiger charge is -2.13. The third kappa shape index (κ3) is 4.16. The van der Waals surface area contributed by atoms with Crippen LogP contribution in [-0.4, -0.2) is 45.9 Å². The molecule has 0 aliphatic rings. The van der Waals surface area contributed by atoms with Crippen molar-refractivity contribution >= 4 is 33.9 Å². The normalized spacial score (nSPS) is 12.2. The number of nitrogens with one attached hydrogen (secondary N) is 1. The molecule has 2 heterocycles. The Morgan fingerprint density at radius 1 is 1.16 bits per heavy atom. The van der Waals surface area contributed by atoms with E-state index < -0.39 is 11.4 Å². The summed E-state index contributed by atoms with van der Waals surface area (Å²) < 4.78 is 11.1. The Morgan fingerprint density at radius 3 is 2.56 bits per heavy atom. The molecule has 3 rings (SSSR count). The first-order chi connectivity index (χ1) is 12.0. The number of rotatable bonds is 6. The minimum atomic E-state index is -1.35. The zero-order valence-corrected chi connectivity index (χ0v) is 15.0. The van der Waals surface area contributed by atoms with E-state index in [1.54, 1.807) is 12.4 Å². The maximum atomic E-state index is 11.1. The molecule has 0 amide bonds. The molecule has 8 heteroatoms. The molecular weight excluding hydrogens is 336 g/mol. The van der Waals surface area contributed by atoms with Gasteiger partial charge in [0.2, 0.25) is 0 Å². The Kier molecular flexibility index (Phi) is 5.32. The molecule has 3 N–H and O–H groups in total. The minimum absolute atomic E-state index is 0.338. The molecule has 25 heavy (non-hydrogen) atoms. The Bertz CT molecular complexity index is 853. The largest absolute Gasteiger partial charge is 0.598 e. The number of nitrogens with zero attached hydrogens (tertiary/aromatic N) is 4. The van der Waals surface area contributed by atoms with E-state index >= 15 is 0 Å². The summed E-state index contributed by atoms with van der Waals surface area (Å²) in [6, 6.07) is 10.1. The van der Waals surface area contributed by atoms with Crippen LogP contribution in [0.1, 0.15) is 0 Å². The van der Waals surface area contributed by atoms with Crippen molar-refractivity contribution in [3.8, 4) is 11.3 Å². The summed E-state index contributed by atoms with van der Waals surface area (Å²) in [4.78, 5) is 15.5. The van der Waals surface area contributed by atoms with E-state index in [9.17, 15) is 4.55 Å². The first-order valence-corrected chi connectivity index (χ1v) is 9.19. The number of fused-ring (bicyclic) bond motifs is 1. The van der Waals surface area contributed by atoms with Crippen LogP contribution in [-0.2, 0) is 11.4 Å². The second kappa shape index (κ2) is 7.64. The molecule has 0 fully saturated rings. The van der Waals surface area contributed by atoms with Gasteiger partial charge in [-0.15, -0.1) is 0 Å². The number of nitrogens with two attached hydrogens (primary N) is 1. The molecule has 0 bridgehead atoms. The van der Waals surface area contributed by atoms with Gasteiger partial charge < -0.3 is 14.8 Å². The van der Waals surface area contributed by atoms with Crippen LogP contribution >= 0.6 is 0 Å². The van der Waals surface area contributed by atoms with Gasteiger partial charge in [0.1, 0.15) is 11.3 Å². The highest BCUT2D eigenvalue weighted by Gasteiger charge is 2.10. The van der Waals surface area contributed by atoms with Crippen LogP contribution in [0.3, 0.4) is 0 Å². The van der Waals surface area contributed by atoms with Crippen molar-refractivity contribution in [2.75, 3.05) is 36.6 Å². The van der Waals surface area contributed by atoms with Gasteiger partial charge in [-0.2, -0.15) is 5.14 Å². The summed E-state index contributed by atoms with van der Waals surface area (Å²) >= 11 is -1.35. The monoisotopic (exact) mass is 356 g/mol. The fourth-order valence-electron chi connectivity index (χ4n) is 2.44. The molecule has 7 nitrogen and oxygen atoms in total. The second-order valence-corrected chi connectivity index (χ2v) is 6.90. The SMILES string of the molecule is CN(C)c1ccc(-c2cc3nccnc3c(NCC[S+](N)[O-])n2)cc1. The average molecular weight is 356 g/mol. The molecule has 0 saturated carbocycles. The fraction of sp³-hybridized carbons (Fsp3) is 0.235. The van der Waals surface area contributed by atoms with Gasteiger partial charge in [0.15, 0.2) is 5.82 Å². The Hall–Kier alpha value is -2.42. The summed E-state index contributed by atoms with van der Waals surface area (Å²) in [5.74, 6) is 0.952. The van der Waals surface area contributed by atoms with Crippen molar-refractivity contribution in [3.63, 3.8) is 0 Å². The van der Waals surface area contributed by atoms with Crippen molar-refractivity contribution in [3.05, 3.63) is 42.7 Å². The number of anilines is 2. The van der Waals surface area contributed by atoms with E-state index in [1.807, 2.05) is 49.3 Å². The van der Waals surface area contributed by atoms with Crippen molar-refractivity contribution in [2.24, 2.45) is 5.14 Å². The van der Waals surface area contributed by atoms with E-state index in [-0.39, 0.29) is 0 Å². The van der Waals surface area contributed by atoms with Crippen LogP contribution in [0.15, 0.2) is 42.7 Å². The van der Waals surface area contributed by atoms with Crippen molar-refractivity contribution < 1.29 is 4.55 Å². The van der Waals surface area contributed by atoms with E-state index in [2.05, 4.69) is 20.3 Å². The lowest BCUT2D eigenvalue weighted by molar-refractivity contribution is 0.597. The summed E-state index contributed by atoms with van der Waals surface area (Å²) in [5, 5.41) is 8.47. The van der Waals surface area contributed by atoms with Crippen LogP contribution < -0.4 is 15.4 Å². The molecular formula is C17H20N6OS. The van der Waals surface area contributed by atoms with Crippen LogP contribution in [0.5, 0.6) is 0 Å². The first-order valence-electron chi connectivity index (χ1n) is 7.81. The van der Waals surface area contributed by atoms with E-state index in [4.69, 9.17) is 5.14 Å². The van der Waals surface area contributed by atoms with Gasteiger partial charge in [-0.05, 0) is 18.2 Å². The smallest absolute Gasteiger partial charge is 0.155 e. The van der Waals surface area contributed by atoms with Crippen LogP contribution in [0.2, 0.25) is 0 Å². The molecule has 130 valence electrons. The molecule has 0 spiro atoms. The molecule has 0 radical (unpaired) electrons. The Morgan fingerprint density at radius 2 is 1.88 bits per heavy atom. The summed E-state index contributed by atoms with van der Waals surface area (Å²) in [5.41, 5.74) is 4.34. The van der Waals surface area contributed by atoms with Gasteiger partial charge in [0.05, 0.1) is 17.8 Å². The van der Waals surface area contributed by atoms with Gasteiger partial charge in [-0.1, -0.05) is 12.1 Å². The highest BCUT2D eigenvalue weighted by molar-refractivity contribution is 7.89. The van der Waals surface area contributed by atoms with E-state index in [1.165, 1.54) is 0 Å². The summed E-state index contributed by atoms with van der Waals surface area (Å²) in [6.45, 7) is 0.449. The molecule has 0 aliphatic heterocycles. The van der Waals surface area contributed by atoms with Crippen LogP contribution in [0, 0.1) is 0 Å². The second-order valence-electron chi connectivity index (χ2n) is 5.73. The maximum Gasteiger partial charge on any atom is 0.155 e. The Balaban J connectivity index is 1.97. The topological polar surface area (TPSA) is 103 Å². The van der Waals surface area contributed by atoms with Gasteiger partial charge in [-0.3, -0.25) is 4.98 Å². The lowest BCUT2D eigenvalue weighted by Crippen LogP contribution is -2.22.